The van der Waals surface area contributed by atoms with E-state index in [0.717, 1.165) is 7.05 Å². The molecule has 0 spiro atoms. The van der Waals surface area contributed by atoms with Crippen molar-refractivity contribution in [3.63, 3.8) is 0 Å². The Labute approximate surface area is 132 Å². The number of guanidine groups is 1. The van der Waals surface area contributed by atoms with Crippen molar-refractivity contribution in [3.8, 4) is 0 Å². The number of carbonyl (C=O) groups excluding carboxylic acids is 2. The van der Waals surface area contributed by atoms with Crippen molar-refractivity contribution in [2.24, 2.45) is 4.99 Å². The second kappa shape index (κ2) is 6.08. The highest BCUT2D eigenvalue weighted by atomic mass is 35.5. The fourth-order valence-electron chi connectivity index (χ4n) is 1.32. The summed E-state index contributed by atoms with van der Waals surface area (Å²) in [7, 11) is -3.41. The average molecular weight is 355 g/mol. The Morgan fingerprint density at radius 2 is 1.95 bits per heavy atom. The molecule has 0 radical (unpaired) electrons. The largest absolute Gasteiger partial charge is 0.463 e. The fraction of sp³-hybridized carbons (Fsp3) is 0.600. The van der Waals surface area contributed by atoms with E-state index in [2.05, 4.69) is 4.99 Å². The van der Waals surface area contributed by atoms with Gasteiger partial charge in [0.05, 0.1) is 6.61 Å². The minimum Gasteiger partial charge on any atom is -0.463 e. The summed E-state index contributed by atoms with van der Waals surface area (Å²) in [6.07, 6.45) is -1.47. The lowest BCUT2D eigenvalue weighted by Gasteiger charge is -2.31. The molecule has 10 nitrogen and oxygen atoms in total. The summed E-state index contributed by atoms with van der Waals surface area (Å²) in [6, 6.07) is 0. The van der Waals surface area contributed by atoms with E-state index in [9.17, 15) is 18.0 Å². The Balaban J connectivity index is 3.08. The molecule has 0 aliphatic carbocycles. The molecule has 1 rings (SSSR count). The molecule has 1 amide bonds. The first-order valence-corrected chi connectivity index (χ1v) is 7.74. The number of hydrogen-bond donors (Lipinski definition) is 1. The van der Waals surface area contributed by atoms with Crippen molar-refractivity contribution in [2.75, 3.05) is 13.7 Å². The molecule has 0 bridgehead atoms. The predicted molar refractivity (Wildman–Crippen MR) is 76.7 cm³/mol. The van der Waals surface area contributed by atoms with Crippen LogP contribution in [-0.2, 0) is 24.5 Å². The van der Waals surface area contributed by atoms with Gasteiger partial charge in [0.1, 0.15) is 0 Å². The average Bonchev–Trinajstić information content (AvgIpc) is 2.35. The second-order valence-electron chi connectivity index (χ2n) is 4.54. The van der Waals surface area contributed by atoms with Gasteiger partial charge in [0.15, 0.2) is 0 Å². The van der Waals surface area contributed by atoms with E-state index in [1.54, 1.807) is 6.92 Å². The first-order chi connectivity index (χ1) is 9.95. The summed E-state index contributed by atoms with van der Waals surface area (Å²) < 4.78 is 34.2. The van der Waals surface area contributed by atoms with Crippen LogP contribution in [0.2, 0.25) is 0 Å². The minimum atomic E-state index is -4.46. The van der Waals surface area contributed by atoms with Crippen LogP contribution in [-0.4, -0.2) is 59.6 Å². The van der Waals surface area contributed by atoms with Crippen LogP contribution < -0.4 is 0 Å². The zero-order valence-corrected chi connectivity index (χ0v) is 13.9. The van der Waals surface area contributed by atoms with Gasteiger partial charge in [0.2, 0.25) is 16.9 Å². The highest BCUT2D eigenvalue weighted by Crippen LogP contribution is 2.21. The maximum Gasteiger partial charge on any atom is 0.433 e. The van der Waals surface area contributed by atoms with Crippen molar-refractivity contribution in [2.45, 2.75) is 26.4 Å². The lowest BCUT2D eigenvalue weighted by Crippen LogP contribution is -2.54. The van der Waals surface area contributed by atoms with Gasteiger partial charge in [-0.05, 0) is 32.4 Å². The molecule has 124 valence electrons. The van der Waals surface area contributed by atoms with Crippen molar-refractivity contribution in [3.05, 3.63) is 0 Å². The van der Waals surface area contributed by atoms with Gasteiger partial charge < -0.3 is 9.47 Å². The fourth-order valence-corrected chi connectivity index (χ4v) is 2.62. The smallest absolute Gasteiger partial charge is 0.433 e. The van der Waals surface area contributed by atoms with Gasteiger partial charge in [-0.2, -0.15) is 13.4 Å². The number of halogens is 1. The highest BCUT2D eigenvalue weighted by Gasteiger charge is 2.45. The Kier molecular flexibility index (Phi) is 5.03. The number of nitrogens with zero attached hydrogens (tertiary/aromatic N) is 3. The van der Waals surface area contributed by atoms with Gasteiger partial charge in [0, 0.05) is 7.05 Å². The lowest BCUT2D eigenvalue weighted by molar-refractivity contribution is -0.161. The quantitative estimate of drug-likeness (QED) is 0.579. The van der Waals surface area contributed by atoms with Crippen LogP contribution in [0.3, 0.4) is 0 Å². The van der Waals surface area contributed by atoms with Crippen LogP contribution in [0.15, 0.2) is 4.99 Å². The van der Waals surface area contributed by atoms with E-state index < -0.39 is 39.1 Å². The van der Waals surface area contributed by atoms with E-state index in [1.165, 1.54) is 13.8 Å². The maximum atomic E-state index is 12.1. The Morgan fingerprint density at radius 1 is 1.41 bits per heavy atom. The molecule has 0 aromatic heterocycles. The zero-order valence-electron chi connectivity index (χ0n) is 12.3. The van der Waals surface area contributed by atoms with Crippen molar-refractivity contribution in [1.82, 2.24) is 8.61 Å². The van der Waals surface area contributed by atoms with Crippen molar-refractivity contribution >= 4 is 45.1 Å². The number of carbonyl (C=O) groups is 2. The molecule has 0 fully saturated rings. The van der Waals surface area contributed by atoms with E-state index in [1.807, 2.05) is 0 Å². The third-order valence-corrected chi connectivity index (χ3v) is 4.59. The van der Waals surface area contributed by atoms with Gasteiger partial charge in [-0.3, -0.25) is 5.41 Å². The summed E-state index contributed by atoms with van der Waals surface area (Å²) >= 11 is 5.54. The number of esters is 1. The normalized spacial score (nSPS) is 17.9. The summed E-state index contributed by atoms with van der Waals surface area (Å²) in [5.41, 5.74) is -1.74. The molecule has 1 N–H and O–H groups in total. The molecule has 0 atom stereocenters. The van der Waals surface area contributed by atoms with E-state index in [0.29, 0.717) is 4.31 Å². The number of nitrogens with one attached hydrogen (secondary N) is 1. The Hall–Kier alpha value is -1.88. The molecule has 0 aromatic rings. The van der Waals surface area contributed by atoms with Crippen LogP contribution >= 0.6 is 11.6 Å². The van der Waals surface area contributed by atoms with Crippen LogP contribution in [0.25, 0.3) is 0 Å². The molecule has 1 aliphatic rings. The summed E-state index contributed by atoms with van der Waals surface area (Å²) in [4.78, 5) is 27.1. The summed E-state index contributed by atoms with van der Waals surface area (Å²) in [5.74, 6) is -1.81. The van der Waals surface area contributed by atoms with Crippen LogP contribution in [0, 0.1) is 5.41 Å². The summed E-state index contributed by atoms with van der Waals surface area (Å²) in [5, 5.41) is 6.98. The molecular weight excluding hydrogens is 340 g/mol. The molecule has 0 unspecified atom stereocenters. The number of aliphatic imine (C=N–C) groups is 1. The molecule has 12 heteroatoms. The molecule has 1 heterocycles. The molecule has 0 saturated heterocycles. The molecule has 0 aromatic carbocycles. The van der Waals surface area contributed by atoms with Gasteiger partial charge in [-0.15, -0.1) is 4.31 Å². The number of ether oxygens (including phenoxy) is 2. The predicted octanol–water partition coefficient (Wildman–Crippen LogP) is 0.486. The Morgan fingerprint density at radius 3 is 2.45 bits per heavy atom. The topological polar surface area (TPSA) is 129 Å². The number of amidine groups is 1. The van der Waals surface area contributed by atoms with Gasteiger partial charge in [-0.25, -0.2) is 13.9 Å². The second-order valence-corrected chi connectivity index (χ2v) is 6.69. The minimum absolute atomic E-state index is 0.0140. The first kappa shape index (κ1) is 18.2. The van der Waals surface area contributed by atoms with Crippen LogP contribution in [0.5, 0.6) is 0 Å². The van der Waals surface area contributed by atoms with Gasteiger partial charge in [-0.1, -0.05) is 0 Å². The monoisotopic (exact) mass is 354 g/mol. The SMILES string of the molecule is CCOC(=O)C(C)(C)OC(=O)N1C(=N)N=C(Cl)N(C)S1(=O)=O. The van der Waals surface area contributed by atoms with Gasteiger partial charge >= 0.3 is 22.3 Å². The van der Waals surface area contributed by atoms with Gasteiger partial charge in [0.25, 0.3) is 0 Å². The number of hydrogen-bond acceptors (Lipinski definition) is 7. The first-order valence-electron chi connectivity index (χ1n) is 5.97. The number of rotatable bonds is 3. The standard InChI is InChI=1S/C10H15ClN4O6S/c1-5-20-6(16)10(2,3)21-9(17)15-8(12)13-7(11)14(4)22(15,18)19/h12H,5H2,1-4H3. The van der Waals surface area contributed by atoms with E-state index in [4.69, 9.17) is 26.5 Å². The van der Waals surface area contributed by atoms with Crippen LogP contribution in [0.1, 0.15) is 20.8 Å². The van der Waals surface area contributed by atoms with Crippen LogP contribution in [0.4, 0.5) is 4.79 Å². The van der Waals surface area contributed by atoms with Crippen molar-refractivity contribution in [1.29, 1.82) is 5.41 Å². The molecule has 1 aliphatic heterocycles. The molecular formula is C10H15ClN4O6S. The molecule has 0 saturated carbocycles. The number of amides is 1. The van der Waals surface area contributed by atoms with Crippen molar-refractivity contribution < 1.29 is 27.5 Å². The maximum absolute atomic E-state index is 12.1. The Bertz CT molecular complexity index is 644. The zero-order chi connectivity index (χ0) is 17.3. The highest BCUT2D eigenvalue weighted by molar-refractivity contribution is 7.88. The molecule has 22 heavy (non-hydrogen) atoms. The van der Waals surface area contributed by atoms with E-state index in [-0.39, 0.29) is 10.9 Å². The lowest BCUT2D eigenvalue weighted by atomic mass is 10.1. The van der Waals surface area contributed by atoms with E-state index >= 15 is 0 Å². The summed E-state index contributed by atoms with van der Waals surface area (Å²) in [6.45, 7) is 4.07. The third-order valence-electron chi connectivity index (χ3n) is 2.50. The third kappa shape index (κ3) is 3.30.